The van der Waals surface area contributed by atoms with E-state index in [0.29, 0.717) is 0 Å². The molecule has 1 aromatic rings. The third-order valence-corrected chi connectivity index (χ3v) is 4.17. The summed E-state index contributed by atoms with van der Waals surface area (Å²) in [4.78, 5) is 14.5. The SMILES string of the molecule is O=C(C1=CCCCCC1)N1CC=C(c2ccccc2)C1. The number of hydrogen-bond acceptors (Lipinski definition) is 1. The van der Waals surface area contributed by atoms with Crippen LogP contribution in [0.1, 0.15) is 37.7 Å². The van der Waals surface area contributed by atoms with Crippen LogP contribution >= 0.6 is 0 Å². The zero-order valence-corrected chi connectivity index (χ0v) is 11.8. The molecule has 1 aromatic carbocycles. The first-order chi connectivity index (χ1) is 9.84. The maximum atomic E-state index is 12.6. The van der Waals surface area contributed by atoms with Crippen molar-refractivity contribution in [3.8, 4) is 0 Å². The molecule has 1 aliphatic heterocycles. The Hall–Kier alpha value is -1.83. The summed E-state index contributed by atoms with van der Waals surface area (Å²) in [6, 6.07) is 10.4. The van der Waals surface area contributed by atoms with E-state index >= 15 is 0 Å². The van der Waals surface area contributed by atoms with Gasteiger partial charge in [0.2, 0.25) is 5.91 Å². The predicted octanol–water partition coefficient (Wildman–Crippen LogP) is 3.80. The second-order valence-electron chi connectivity index (χ2n) is 5.61. The highest BCUT2D eigenvalue weighted by Gasteiger charge is 2.23. The number of amides is 1. The van der Waals surface area contributed by atoms with Crippen molar-refractivity contribution in [2.24, 2.45) is 0 Å². The zero-order valence-electron chi connectivity index (χ0n) is 11.8. The van der Waals surface area contributed by atoms with Crippen LogP contribution in [0.25, 0.3) is 5.57 Å². The highest BCUT2D eigenvalue weighted by Crippen LogP contribution is 2.24. The first kappa shape index (κ1) is 13.2. The van der Waals surface area contributed by atoms with E-state index in [1.54, 1.807) is 0 Å². The summed E-state index contributed by atoms with van der Waals surface area (Å²) >= 11 is 0. The van der Waals surface area contributed by atoms with Crippen LogP contribution in [0.3, 0.4) is 0 Å². The summed E-state index contributed by atoms with van der Waals surface area (Å²) in [5.41, 5.74) is 3.54. The normalized spacial score (nSPS) is 19.3. The molecule has 0 spiro atoms. The molecule has 0 saturated heterocycles. The fourth-order valence-electron chi connectivity index (χ4n) is 2.98. The van der Waals surface area contributed by atoms with E-state index in [1.807, 2.05) is 11.0 Å². The first-order valence-electron chi connectivity index (χ1n) is 7.57. The van der Waals surface area contributed by atoms with Gasteiger partial charge in [-0.2, -0.15) is 0 Å². The molecule has 20 heavy (non-hydrogen) atoms. The van der Waals surface area contributed by atoms with E-state index < -0.39 is 0 Å². The Morgan fingerprint density at radius 2 is 1.85 bits per heavy atom. The predicted molar refractivity (Wildman–Crippen MR) is 82.2 cm³/mol. The molecule has 2 aliphatic rings. The molecule has 0 N–H and O–H groups in total. The first-order valence-corrected chi connectivity index (χ1v) is 7.57. The molecule has 2 nitrogen and oxygen atoms in total. The third kappa shape index (κ3) is 2.84. The number of nitrogens with zero attached hydrogens (tertiary/aromatic N) is 1. The lowest BCUT2D eigenvalue weighted by atomic mass is 10.1. The Bertz CT molecular complexity index is 542. The molecule has 1 heterocycles. The Morgan fingerprint density at radius 1 is 1.00 bits per heavy atom. The minimum Gasteiger partial charge on any atom is -0.331 e. The van der Waals surface area contributed by atoms with Crippen molar-refractivity contribution in [2.45, 2.75) is 32.1 Å². The van der Waals surface area contributed by atoms with Gasteiger partial charge in [0.25, 0.3) is 0 Å². The number of allylic oxidation sites excluding steroid dienone is 1. The summed E-state index contributed by atoms with van der Waals surface area (Å²) in [6.07, 6.45) is 10.00. The fraction of sp³-hybridized carbons (Fsp3) is 0.389. The van der Waals surface area contributed by atoms with Gasteiger partial charge in [-0.1, -0.05) is 48.9 Å². The Balaban J connectivity index is 1.66. The van der Waals surface area contributed by atoms with Crippen molar-refractivity contribution >= 4 is 11.5 Å². The topological polar surface area (TPSA) is 20.3 Å². The highest BCUT2D eigenvalue weighted by atomic mass is 16.2. The van der Waals surface area contributed by atoms with E-state index in [0.717, 1.165) is 37.9 Å². The summed E-state index contributed by atoms with van der Waals surface area (Å²) in [7, 11) is 0. The Kier molecular flexibility index (Phi) is 4.00. The van der Waals surface area contributed by atoms with Gasteiger partial charge in [-0.3, -0.25) is 4.79 Å². The van der Waals surface area contributed by atoms with Crippen LogP contribution in [-0.2, 0) is 4.79 Å². The number of carbonyl (C=O) groups is 1. The van der Waals surface area contributed by atoms with Gasteiger partial charge in [-0.05, 0) is 36.8 Å². The van der Waals surface area contributed by atoms with E-state index in [2.05, 4.69) is 36.4 Å². The van der Waals surface area contributed by atoms with Crippen molar-refractivity contribution in [1.82, 2.24) is 4.90 Å². The summed E-state index contributed by atoms with van der Waals surface area (Å²) in [5, 5.41) is 0. The average Bonchev–Trinajstić information content (AvgIpc) is 2.83. The highest BCUT2D eigenvalue weighted by molar-refractivity contribution is 5.95. The lowest BCUT2D eigenvalue weighted by molar-refractivity contribution is -0.125. The minimum atomic E-state index is 0.245. The Morgan fingerprint density at radius 3 is 2.70 bits per heavy atom. The van der Waals surface area contributed by atoms with Gasteiger partial charge in [0.05, 0.1) is 0 Å². The van der Waals surface area contributed by atoms with Crippen LogP contribution < -0.4 is 0 Å². The standard InChI is InChI=1S/C18H21NO/c20-18(16-10-4-1-2-5-11-16)19-13-12-17(14-19)15-8-6-3-7-9-15/h3,6-10,12H,1-2,4-5,11,13-14H2. The van der Waals surface area contributed by atoms with Crippen molar-refractivity contribution in [3.05, 3.63) is 53.6 Å². The molecule has 104 valence electrons. The lowest BCUT2D eigenvalue weighted by Crippen LogP contribution is -2.30. The summed E-state index contributed by atoms with van der Waals surface area (Å²) < 4.78 is 0. The third-order valence-electron chi connectivity index (χ3n) is 4.17. The maximum absolute atomic E-state index is 12.6. The zero-order chi connectivity index (χ0) is 13.8. The molecule has 3 rings (SSSR count). The van der Waals surface area contributed by atoms with E-state index in [1.165, 1.54) is 24.0 Å². The van der Waals surface area contributed by atoms with Crippen molar-refractivity contribution in [2.75, 3.05) is 13.1 Å². The molecule has 1 aliphatic carbocycles. The van der Waals surface area contributed by atoms with E-state index in [4.69, 9.17) is 0 Å². The van der Waals surface area contributed by atoms with Gasteiger partial charge in [0.1, 0.15) is 0 Å². The smallest absolute Gasteiger partial charge is 0.250 e. The van der Waals surface area contributed by atoms with E-state index in [-0.39, 0.29) is 5.91 Å². The summed E-state index contributed by atoms with van der Waals surface area (Å²) in [5.74, 6) is 0.245. The van der Waals surface area contributed by atoms with Crippen LogP contribution in [0, 0.1) is 0 Å². The largest absolute Gasteiger partial charge is 0.331 e. The van der Waals surface area contributed by atoms with Crippen LogP contribution in [0.5, 0.6) is 0 Å². The van der Waals surface area contributed by atoms with Gasteiger partial charge in [-0.15, -0.1) is 0 Å². The van der Waals surface area contributed by atoms with Crippen molar-refractivity contribution < 1.29 is 4.79 Å². The van der Waals surface area contributed by atoms with Gasteiger partial charge in [0.15, 0.2) is 0 Å². The van der Waals surface area contributed by atoms with Gasteiger partial charge in [0, 0.05) is 18.7 Å². The lowest BCUT2D eigenvalue weighted by Gasteiger charge is -2.18. The maximum Gasteiger partial charge on any atom is 0.250 e. The Labute approximate surface area is 120 Å². The fourth-order valence-corrected chi connectivity index (χ4v) is 2.98. The van der Waals surface area contributed by atoms with Crippen LogP contribution in [-0.4, -0.2) is 23.9 Å². The molecular weight excluding hydrogens is 246 g/mol. The molecule has 0 saturated carbocycles. The van der Waals surface area contributed by atoms with Gasteiger partial charge < -0.3 is 4.90 Å². The molecule has 0 atom stereocenters. The number of rotatable bonds is 2. The van der Waals surface area contributed by atoms with Crippen molar-refractivity contribution in [1.29, 1.82) is 0 Å². The molecule has 1 amide bonds. The van der Waals surface area contributed by atoms with Crippen molar-refractivity contribution in [3.63, 3.8) is 0 Å². The number of carbonyl (C=O) groups excluding carboxylic acids is 1. The number of hydrogen-bond donors (Lipinski definition) is 0. The van der Waals surface area contributed by atoms with Crippen LogP contribution in [0.2, 0.25) is 0 Å². The van der Waals surface area contributed by atoms with Crippen LogP contribution in [0.15, 0.2) is 48.1 Å². The minimum absolute atomic E-state index is 0.245. The van der Waals surface area contributed by atoms with Crippen LogP contribution in [0.4, 0.5) is 0 Å². The van der Waals surface area contributed by atoms with E-state index in [9.17, 15) is 4.79 Å². The van der Waals surface area contributed by atoms with Gasteiger partial charge in [-0.25, -0.2) is 0 Å². The number of benzene rings is 1. The average molecular weight is 267 g/mol. The second kappa shape index (κ2) is 6.08. The molecule has 0 fully saturated rings. The molecule has 0 unspecified atom stereocenters. The van der Waals surface area contributed by atoms with Gasteiger partial charge >= 0.3 is 0 Å². The second-order valence-corrected chi connectivity index (χ2v) is 5.61. The quantitative estimate of drug-likeness (QED) is 0.798. The molecule has 0 radical (unpaired) electrons. The molecule has 0 bridgehead atoms. The molecule has 2 heteroatoms. The molecular formula is C18H21NO. The summed E-state index contributed by atoms with van der Waals surface area (Å²) in [6.45, 7) is 1.50. The monoisotopic (exact) mass is 267 g/mol. The molecule has 0 aromatic heterocycles.